The summed E-state index contributed by atoms with van der Waals surface area (Å²) >= 11 is 7.25. The van der Waals surface area contributed by atoms with Gasteiger partial charge in [0.05, 0.1) is 13.2 Å². The minimum absolute atomic E-state index is 0.162. The molecular formula is C13H14ClFN2OS. The standard InChI is InChI=1S/C13H14ClFN2OS/c1-18-10-6-13(19-7-10)12(17-16)4-8-2-3-9(14)5-11(8)15/h2-3,5-7,12,17H,4,16H2,1H3. The quantitative estimate of drug-likeness (QED) is 0.658. The zero-order chi connectivity index (χ0) is 13.8. The number of hydrogen-bond donors (Lipinski definition) is 2. The van der Waals surface area contributed by atoms with E-state index in [2.05, 4.69) is 5.43 Å². The number of rotatable bonds is 5. The smallest absolute Gasteiger partial charge is 0.129 e. The first kappa shape index (κ1) is 14.3. The molecule has 0 spiro atoms. The highest BCUT2D eigenvalue weighted by Gasteiger charge is 2.15. The van der Waals surface area contributed by atoms with Crippen LogP contribution in [0, 0.1) is 5.82 Å². The Morgan fingerprint density at radius 3 is 2.84 bits per heavy atom. The van der Waals surface area contributed by atoms with Crippen LogP contribution in [0.25, 0.3) is 0 Å². The molecule has 0 saturated heterocycles. The number of methoxy groups -OCH3 is 1. The Morgan fingerprint density at radius 2 is 2.26 bits per heavy atom. The molecule has 0 radical (unpaired) electrons. The minimum atomic E-state index is -0.323. The molecule has 0 fully saturated rings. The van der Waals surface area contributed by atoms with Crippen molar-refractivity contribution in [1.29, 1.82) is 0 Å². The molecule has 102 valence electrons. The zero-order valence-electron chi connectivity index (χ0n) is 10.3. The third-order valence-corrected chi connectivity index (χ3v) is 4.07. The maximum absolute atomic E-state index is 13.8. The Kier molecular flexibility index (Phi) is 4.76. The van der Waals surface area contributed by atoms with E-state index in [9.17, 15) is 4.39 Å². The second-order valence-corrected chi connectivity index (χ2v) is 5.43. The van der Waals surface area contributed by atoms with E-state index in [4.69, 9.17) is 22.2 Å². The molecule has 0 aliphatic rings. The number of halogens is 2. The summed E-state index contributed by atoms with van der Waals surface area (Å²) in [5, 5.41) is 2.27. The fraction of sp³-hybridized carbons (Fsp3) is 0.231. The molecular weight excluding hydrogens is 287 g/mol. The Bertz CT molecular complexity index is 561. The average molecular weight is 301 g/mol. The van der Waals surface area contributed by atoms with E-state index in [0.29, 0.717) is 17.0 Å². The third-order valence-electron chi connectivity index (χ3n) is 2.82. The van der Waals surface area contributed by atoms with Crippen molar-refractivity contribution in [3.05, 3.63) is 50.9 Å². The van der Waals surface area contributed by atoms with Crippen molar-refractivity contribution < 1.29 is 9.13 Å². The highest BCUT2D eigenvalue weighted by atomic mass is 35.5. The van der Waals surface area contributed by atoms with Gasteiger partial charge in [-0.15, -0.1) is 11.3 Å². The van der Waals surface area contributed by atoms with Crippen molar-refractivity contribution in [3.8, 4) is 5.75 Å². The molecule has 1 heterocycles. The Balaban J connectivity index is 2.18. The van der Waals surface area contributed by atoms with Crippen LogP contribution in [0.4, 0.5) is 4.39 Å². The van der Waals surface area contributed by atoms with Gasteiger partial charge < -0.3 is 4.74 Å². The molecule has 0 aliphatic heterocycles. The number of benzene rings is 1. The summed E-state index contributed by atoms with van der Waals surface area (Å²) in [5.41, 5.74) is 3.27. The fourth-order valence-electron chi connectivity index (χ4n) is 1.77. The molecule has 3 nitrogen and oxygen atoms in total. The van der Waals surface area contributed by atoms with Crippen LogP contribution in [-0.2, 0) is 6.42 Å². The molecule has 0 saturated carbocycles. The molecule has 2 aromatic rings. The van der Waals surface area contributed by atoms with E-state index in [-0.39, 0.29) is 11.9 Å². The van der Waals surface area contributed by atoms with Gasteiger partial charge in [-0.25, -0.2) is 4.39 Å². The summed E-state index contributed by atoms with van der Waals surface area (Å²) in [7, 11) is 1.61. The molecule has 1 unspecified atom stereocenters. The molecule has 0 bridgehead atoms. The number of nitrogens with one attached hydrogen (secondary N) is 1. The van der Waals surface area contributed by atoms with Crippen LogP contribution in [0.2, 0.25) is 5.02 Å². The van der Waals surface area contributed by atoms with Gasteiger partial charge in [-0.05, 0) is 30.2 Å². The molecule has 0 aliphatic carbocycles. The molecule has 3 N–H and O–H groups in total. The lowest BCUT2D eigenvalue weighted by molar-refractivity contribution is 0.415. The second kappa shape index (κ2) is 6.34. The van der Waals surface area contributed by atoms with E-state index in [0.717, 1.165) is 10.6 Å². The summed E-state index contributed by atoms with van der Waals surface area (Å²) in [5.74, 6) is 6.00. The largest absolute Gasteiger partial charge is 0.496 e. The lowest BCUT2D eigenvalue weighted by atomic mass is 10.0. The van der Waals surface area contributed by atoms with E-state index >= 15 is 0 Å². The maximum Gasteiger partial charge on any atom is 0.129 e. The maximum atomic E-state index is 13.8. The van der Waals surface area contributed by atoms with Crippen molar-refractivity contribution in [2.24, 2.45) is 5.84 Å². The Labute approximate surface area is 120 Å². The van der Waals surface area contributed by atoms with Gasteiger partial charge in [-0.2, -0.15) is 0 Å². The van der Waals surface area contributed by atoms with Crippen molar-refractivity contribution in [1.82, 2.24) is 5.43 Å². The zero-order valence-corrected chi connectivity index (χ0v) is 11.9. The summed E-state index contributed by atoms with van der Waals surface area (Å²) in [6, 6.07) is 6.38. The van der Waals surface area contributed by atoms with Crippen LogP contribution >= 0.6 is 22.9 Å². The van der Waals surface area contributed by atoms with Crippen LogP contribution in [0.15, 0.2) is 29.6 Å². The number of thiophene rings is 1. The van der Waals surface area contributed by atoms with Gasteiger partial charge in [0.25, 0.3) is 0 Å². The number of nitrogens with two attached hydrogens (primary N) is 1. The molecule has 6 heteroatoms. The molecule has 1 atom stereocenters. The predicted octanol–water partition coefficient (Wildman–Crippen LogP) is 3.30. The Morgan fingerprint density at radius 1 is 1.47 bits per heavy atom. The van der Waals surface area contributed by atoms with E-state index in [1.807, 2.05) is 11.4 Å². The van der Waals surface area contributed by atoms with Gasteiger partial charge in [0, 0.05) is 15.3 Å². The molecule has 1 aromatic carbocycles. The van der Waals surface area contributed by atoms with E-state index < -0.39 is 0 Å². The molecule has 1 aromatic heterocycles. The van der Waals surface area contributed by atoms with Gasteiger partial charge in [0.15, 0.2) is 0 Å². The van der Waals surface area contributed by atoms with Crippen molar-refractivity contribution in [2.45, 2.75) is 12.5 Å². The van der Waals surface area contributed by atoms with Gasteiger partial charge in [-0.3, -0.25) is 11.3 Å². The monoisotopic (exact) mass is 300 g/mol. The van der Waals surface area contributed by atoms with Crippen molar-refractivity contribution in [3.63, 3.8) is 0 Å². The predicted molar refractivity (Wildman–Crippen MR) is 76.0 cm³/mol. The van der Waals surface area contributed by atoms with Crippen LogP contribution in [0.5, 0.6) is 5.75 Å². The SMILES string of the molecule is COc1csc(C(Cc2ccc(Cl)cc2F)NN)c1. The normalized spacial score (nSPS) is 12.4. The highest BCUT2D eigenvalue weighted by Crippen LogP contribution is 2.29. The lowest BCUT2D eigenvalue weighted by Gasteiger charge is -2.14. The first-order valence-electron chi connectivity index (χ1n) is 5.66. The number of hydrazine groups is 1. The summed E-state index contributed by atoms with van der Waals surface area (Å²) in [6.07, 6.45) is 0.448. The fourth-order valence-corrected chi connectivity index (χ4v) is 2.85. The van der Waals surface area contributed by atoms with Gasteiger partial charge >= 0.3 is 0 Å². The summed E-state index contributed by atoms with van der Waals surface area (Å²) < 4.78 is 18.9. The first-order valence-corrected chi connectivity index (χ1v) is 6.92. The molecule has 19 heavy (non-hydrogen) atoms. The van der Waals surface area contributed by atoms with Crippen molar-refractivity contribution >= 4 is 22.9 Å². The van der Waals surface area contributed by atoms with Crippen LogP contribution in [0.1, 0.15) is 16.5 Å². The lowest BCUT2D eigenvalue weighted by Crippen LogP contribution is -2.29. The number of ether oxygens (including phenoxy) is 1. The van der Waals surface area contributed by atoms with Crippen LogP contribution in [-0.4, -0.2) is 7.11 Å². The summed E-state index contributed by atoms with van der Waals surface area (Å²) in [6.45, 7) is 0. The average Bonchev–Trinajstić information content (AvgIpc) is 2.86. The molecule has 0 amide bonds. The van der Waals surface area contributed by atoms with Gasteiger partial charge in [0.2, 0.25) is 0 Å². The van der Waals surface area contributed by atoms with E-state index in [1.54, 1.807) is 19.2 Å². The minimum Gasteiger partial charge on any atom is -0.496 e. The second-order valence-electron chi connectivity index (χ2n) is 4.05. The van der Waals surface area contributed by atoms with Gasteiger partial charge in [0.1, 0.15) is 11.6 Å². The van der Waals surface area contributed by atoms with Crippen molar-refractivity contribution in [2.75, 3.05) is 7.11 Å². The first-order chi connectivity index (χ1) is 9.13. The topological polar surface area (TPSA) is 47.3 Å². The Hall–Kier alpha value is -1.14. The summed E-state index contributed by atoms with van der Waals surface area (Å²) in [4.78, 5) is 0.994. The van der Waals surface area contributed by atoms with E-state index in [1.165, 1.54) is 17.4 Å². The number of hydrogen-bond acceptors (Lipinski definition) is 4. The third kappa shape index (κ3) is 3.45. The van der Waals surface area contributed by atoms with Gasteiger partial charge in [-0.1, -0.05) is 17.7 Å². The molecule has 2 rings (SSSR count). The highest BCUT2D eigenvalue weighted by molar-refractivity contribution is 7.10. The van der Waals surface area contributed by atoms with Crippen LogP contribution in [0.3, 0.4) is 0 Å². The van der Waals surface area contributed by atoms with Crippen LogP contribution < -0.4 is 16.0 Å².